The van der Waals surface area contributed by atoms with Gasteiger partial charge in [-0.05, 0) is 47.4 Å². The zero-order valence-electron chi connectivity index (χ0n) is 23.2. The smallest absolute Gasteiger partial charge is 0.335 e. The zero-order valence-corrected chi connectivity index (χ0v) is 24.0. The maximum atomic E-state index is 15.3. The highest BCUT2D eigenvalue weighted by molar-refractivity contribution is 7.98. The minimum atomic E-state index is -1.17. The average molecular weight is 620 g/mol. The number of aromatic amines is 1. The Balaban J connectivity index is 1.60. The highest BCUT2D eigenvalue weighted by atomic mass is 32.2. The number of morpholine rings is 1. The maximum absolute atomic E-state index is 15.3. The number of carboxylic acids is 1. The van der Waals surface area contributed by atoms with Gasteiger partial charge in [0.15, 0.2) is 23.1 Å². The van der Waals surface area contributed by atoms with Gasteiger partial charge in [-0.25, -0.2) is 13.6 Å². The van der Waals surface area contributed by atoms with Gasteiger partial charge in [0.2, 0.25) is 5.43 Å². The number of amides is 1. The minimum Gasteiger partial charge on any atom is -0.503 e. The lowest BCUT2D eigenvalue weighted by Gasteiger charge is -2.33. The second-order valence-electron chi connectivity index (χ2n) is 10.6. The molecule has 0 saturated carbocycles. The fraction of sp³-hybridized carbons (Fsp3) is 0.219. The van der Waals surface area contributed by atoms with Gasteiger partial charge in [0, 0.05) is 40.3 Å². The van der Waals surface area contributed by atoms with E-state index in [-0.39, 0.29) is 66.3 Å². The van der Waals surface area contributed by atoms with Crippen LogP contribution < -0.4 is 11.2 Å². The van der Waals surface area contributed by atoms with Gasteiger partial charge in [-0.1, -0.05) is 30.3 Å². The van der Waals surface area contributed by atoms with Crippen molar-refractivity contribution in [3.05, 3.63) is 116 Å². The molecular weight excluding hydrogens is 592 g/mol. The molecule has 3 aromatic carbocycles. The van der Waals surface area contributed by atoms with E-state index in [0.717, 1.165) is 16.5 Å². The molecule has 44 heavy (non-hydrogen) atoms. The first-order valence-corrected chi connectivity index (χ1v) is 14.8. The predicted octanol–water partition coefficient (Wildman–Crippen LogP) is 4.27. The van der Waals surface area contributed by atoms with Crippen LogP contribution in [0.3, 0.4) is 0 Å². The lowest BCUT2D eigenvalue weighted by atomic mass is 9.89. The molecule has 1 aromatic heterocycles. The summed E-state index contributed by atoms with van der Waals surface area (Å²) in [4.78, 5) is 44.2. The molecule has 9 nitrogen and oxygen atoms in total. The summed E-state index contributed by atoms with van der Waals surface area (Å²) in [5, 5.41) is 20.6. The number of nitrogens with two attached hydrogens (primary N) is 1. The molecule has 12 heteroatoms. The monoisotopic (exact) mass is 619 g/mol. The topological polar surface area (TPSA) is 146 Å². The van der Waals surface area contributed by atoms with Gasteiger partial charge < -0.3 is 30.6 Å². The van der Waals surface area contributed by atoms with Crippen LogP contribution in [0.15, 0.2) is 64.3 Å². The summed E-state index contributed by atoms with van der Waals surface area (Å²) < 4.78 is 36.0. The van der Waals surface area contributed by atoms with Gasteiger partial charge in [0.05, 0.1) is 24.5 Å². The van der Waals surface area contributed by atoms with Crippen molar-refractivity contribution in [2.75, 3.05) is 19.8 Å². The van der Waals surface area contributed by atoms with Crippen LogP contribution in [0.1, 0.15) is 48.7 Å². The van der Waals surface area contributed by atoms with Crippen LogP contribution in [0.2, 0.25) is 0 Å². The quantitative estimate of drug-likeness (QED) is 0.259. The summed E-state index contributed by atoms with van der Waals surface area (Å²) in [6.45, 7) is 0.355. The van der Waals surface area contributed by atoms with E-state index in [9.17, 15) is 24.6 Å². The number of fused-ring (bicyclic) bond motifs is 2. The number of nitrogens with one attached hydrogen (secondary N) is 1. The third-order valence-corrected chi connectivity index (χ3v) is 9.03. The van der Waals surface area contributed by atoms with Crippen LogP contribution in [-0.4, -0.2) is 57.9 Å². The standard InChI is InChI=1S/C32H27F2N3O6S/c33-23-13-20(19-12-17-5-1-2-7-24(17)44-15-22(19)26(23)34)27-21(11-16-4-3-6-18(10-16)32(41)42)29(38)30(39)28(36-27)31(40)37-8-9-43-14-25(37)35/h1-7,10,13,25,39H,8-9,11-12,14-15,35H2,(H,36,38)(H,41,42)/t25-/m0/s1. The van der Waals surface area contributed by atoms with Crippen molar-refractivity contribution in [3.8, 4) is 17.0 Å². The summed E-state index contributed by atoms with van der Waals surface area (Å²) in [5.74, 6) is -4.82. The first-order valence-electron chi connectivity index (χ1n) is 13.8. The molecule has 1 amide bonds. The Labute approximate surface area is 254 Å². The molecule has 226 valence electrons. The number of carbonyl (C=O) groups excluding carboxylic acids is 1. The molecule has 2 aliphatic rings. The second kappa shape index (κ2) is 11.9. The Morgan fingerprint density at radius 2 is 1.91 bits per heavy atom. The van der Waals surface area contributed by atoms with Crippen LogP contribution in [-0.2, 0) is 23.3 Å². The number of benzene rings is 3. The predicted molar refractivity (Wildman–Crippen MR) is 159 cm³/mol. The van der Waals surface area contributed by atoms with Crippen molar-refractivity contribution in [3.63, 3.8) is 0 Å². The summed E-state index contributed by atoms with van der Waals surface area (Å²) in [7, 11) is 0. The second-order valence-corrected chi connectivity index (χ2v) is 11.6. The van der Waals surface area contributed by atoms with Gasteiger partial charge in [-0.15, -0.1) is 11.8 Å². The van der Waals surface area contributed by atoms with E-state index in [1.807, 2.05) is 24.3 Å². The lowest BCUT2D eigenvalue weighted by Crippen LogP contribution is -2.53. The Kier molecular flexibility index (Phi) is 7.97. The normalized spacial score (nSPS) is 16.2. The van der Waals surface area contributed by atoms with Crippen molar-refractivity contribution in [1.82, 2.24) is 9.88 Å². The molecule has 0 unspecified atom stereocenters. The summed E-state index contributed by atoms with van der Waals surface area (Å²) in [6.07, 6.45) is -0.808. The number of ether oxygens (including phenoxy) is 1. The van der Waals surface area contributed by atoms with E-state index < -0.39 is 46.5 Å². The summed E-state index contributed by atoms with van der Waals surface area (Å²) >= 11 is 1.36. The molecular formula is C32H27F2N3O6S. The third kappa shape index (κ3) is 5.36. The van der Waals surface area contributed by atoms with Gasteiger partial charge in [-0.3, -0.25) is 9.59 Å². The molecule has 0 bridgehead atoms. The number of hydrogen-bond acceptors (Lipinski definition) is 7. The van der Waals surface area contributed by atoms with Crippen molar-refractivity contribution < 1.29 is 33.3 Å². The van der Waals surface area contributed by atoms with E-state index in [4.69, 9.17) is 10.5 Å². The van der Waals surface area contributed by atoms with Crippen LogP contribution >= 0.6 is 11.8 Å². The number of carboxylic acid groups (broad SMARTS) is 1. The molecule has 0 aliphatic carbocycles. The number of H-pyrrole nitrogens is 1. The fourth-order valence-electron chi connectivity index (χ4n) is 5.64. The Bertz CT molecular complexity index is 1880. The maximum Gasteiger partial charge on any atom is 0.335 e. The third-order valence-electron chi connectivity index (χ3n) is 7.89. The van der Waals surface area contributed by atoms with Crippen LogP contribution in [0.25, 0.3) is 11.3 Å². The van der Waals surface area contributed by atoms with Gasteiger partial charge in [-0.2, -0.15) is 0 Å². The fourth-order valence-corrected chi connectivity index (χ4v) is 6.74. The molecule has 1 saturated heterocycles. The van der Waals surface area contributed by atoms with Gasteiger partial charge in [0.1, 0.15) is 6.17 Å². The number of carbonyl (C=O) groups is 2. The van der Waals surface area contributed by atoms with E-state index in [1.165, 1.54) is 34.9 Å². The highest BCUT2D eigenvalue weighted by Crippen LogP contribution is 2.40. The van der Waals surface area contributed by atoms with Crippen LogP contribution in [0.5, 0.6) is 5.75 Å². The molecule has 3 heterocycles. The number of aromatic hydroxyl groups is 1. The number of rotatable bonds is 5. The van der Waals surface area contributed by atoms with Gasteiger partial charge in [0.25, 0.3) is 5.91 Å². The average Bonchev–Trinajstić information content (AvgIpc) is 3.22. The Hall–Kier alpha value is -4.52. The van der Waals surface area contributed by atoms with Crippen LogP contribution in [0.4, 0.5) is 8.78 Å². The van der Waals surface area contributed by atoms with E-state index >= 15 is 8.78 Å². The largest absolute Gasteiger partial charge is 0.503 e. The zero-order chi connectivity index (χ0) is 31.1. The SMILES string of the molecule is N[C@@H]1COCCN1C(=O)c1[nH]c(-c2cc(F)c(F)c3c2Cc2ccccc2SC3)c(Cc2cccc(C(=O)O)c2)c(=O)c1O. The molecule has 0 radical (unpaired) electrons. The molecule has 6 rings (SSSR count). The number of hydrogen-bond donors (Lipinski definition) is 4. The summed E-state index contributed by atoms with van der Waals surface area (Å²) in [5.41, 5.74) is 6.64. The Morgan fingerprint density at radius 3 is 2.68 bits per heavy atom. The van der Waals surface area contributed by atoms with Gasteiger partial charge >= 0.3 is 5.97 Å². The molecule has 4 aromatic rings. The number of thioether (sulfide) groups is 1. The van der Waals surface area contributed by atoms with Crippen LogP contribution in [0, 0.1) is 11.6 Å². The first-order chi connectivity index (χ1) is 21.1. The Morgan fingerprint density at radius 1 is 1.11 bits per heavy atom. The molecule has 2 aliphatic heterocycles. The molecule has 5 N–H and O–H groups in total. The summed E-state index contributed by atoms with van der Waals surface area (Å²) in [6, 6.07) is 14.4. The van der Waals surface area contributed by atoms with E-state index in [2.05, 4.69) is 4.98 Å². The molecule has 0 spiro atoms. The van der Waals surface area contributed by atoms with E-state index in [0.29, 0.717) is 11.1 Å². The highest BCUT2D eigenvalue weighted by Gasteiger charge is 2.32. The van der Waals surface area contributed by atoms with Crippen molar-refractivity contribution in [2.24, 2.45) is 5.73 Å². The number of nitrogens with zero attached hydrogens (tertiary/aromatic N) is 1. The number of aromatic carboxylic acids is 1. The van der Waals surface area contributed by atoms with E-state index in [1.54, 1.807) is 6.07 Å². The molecule has 1 atom stereocenters. The number of aromatic nitrogens is 1. The lowest BCUT2D eigenvalue weighted by molar-refractivity contribution is -0.000393. The molecule has 1 fully saturated rings. The van der Waals surface area contributed by atoms with Crippen molar-refractivity contribution in [2.45, 2.75) is 29.7 Å². The van der Waals surface area contributed by atoms with Crippen molar-refractivity contribution in [1.29, 1.82) is 0 Å². The minimum absolute atomic E-state index is 0.0123. The number of halogens is 2. The number of pyridine rings is 1. The van der Waals surface area contributed by atoms with Crippen molar-refractivity contribution >= 4 is 23.6 Å². The first kappa shape index (κ1) is 29.5.